The second-order valence-corrected chi connectivity index (χ2v) is 4.99. The standard InChI is InChI=1S/C12H16ClN5O2/c13-12-16-10(14)9-11(17-12)18(7-15-9)4-6-20-8-3-1-2-5-19-8/h7-8H,1-6H2,(H2,14,16,17). The number of imidazole rings is 1. The van der Waals surface area contributed by atoms with Gasteiger partial charge in [0.15, 0.2) is 17.8 Å². The Morgan fingerprint density at radius 1 is 1.45 bits per heavy atom. The monoisotopic (exact) mass is 297 g/mol. The quantitative estimate of drug-likeness (QED) is 0.863. The number of hydrogen-bond donors (Lipinski definition) is 1. The van der Waals surface area contributed by atoms with Crippen LogP contribution in [0, 0.1) is 0 Å². The molecule has 1 unspecified atom stereocenters. The Bertz CT molecular complexity index is 597. The van der Waals surface area contributed by atoms with Crippen molar-refractivity contribution in [2.24, 2.45) is 0 Å². The Labute approximate surface area is 121 Å². The number of nitrogens with two attached hydrogens (primary N) is 1. The van der Waals surface area contributed by atoms with Gasteiger partial charge in [-0.1, -0.05) is 0 Å². The van der Waals surface area contributed by atoms with Crippen LogP contribution in [-0.2, 0) is 16.0 Å². The molecule has 1 saturated heterocycles. The number of rotatable bonds is 4. The number of anilines is 1. The van der Waals surface area contributed by atoms with E-state index in [9.17, 15) is 0 Å². The summed E-state index contributed by atoms with van der Waals surface area (Å²) < 4.78 is 13.0. The Kier molecular flexibility index (Phi) is 4.00. The van der Waals surface area contributed by atoms with Gasteiger partial charge >= 0.3 is 0 Å². The lowest BCUT2D eigenvalue weighted by Gasteiger charge is -2.22. The van der Waals surface area contributed by atoms with E-state index in [0.29, 0.717) is 24.3 Å². The minimum Gasteiger partial charge on any atom is -0.382 e. The Morgan fingerprint density at radius 3 is 3.15 bits per heavy atom. The highest BCUT2D eigenvalue weighted by Crippen LogP contribution is 2.18. The number of hydrogen-bond acceptors (Lipinski definition) is 6. The number of halogens is 1. The molecule has 0 bridgehead atoms. The fraction of sp³-hybridized carbons (Fsp3) is 0.583. The third-order valence-electron chi connectivity index (χ3n) is 3.24. The largest absolute Gasteiger partial charge is 0.382 e. The van der Waals surface area contributed by atoms with Gasteiger partial charge in [-0.25, -0.2) is 4.98 Å². The first-order valence-electron chi connectivity index (χ1n) is 6.61. The Balaban J connectivity index is 1.65. The van der Waals surface area contributed by atoms with Crippen molar-refractivity contribution >= 4 is 28.6 Å². The lowest BCUT2D eigenvalue weighted by atomic mass is 10.2. The summed E-state index contributed by atoms with van der Waals surface area (Å²) in [6.07, 6.45) is 4.78. The van der Waals surface area contributed by atoms with Crippen molar-refractivity contribution in [3.8, 4) is 0 Å². The molecule has 108 valence electrons. The molecule has 2 aromatic heterocycles. The van der Waals surface area contributed by atoms with Crippen molar-refractivity contribution < 1.29 is 9.47 Å². The van der Waals surface area contributed by atoms with Crippen molar-refractivity contribution in [3.63, 3.8) is 0 Å². The van der Waals surface area contributed by atoms with Crippen molar-refractivity contribution in [2.45, 2.75) is 32.1 Å². The topological polar surface area (TPSA) is 88.1 Å². The molecule has 0 spiro atoms. The van der Waals surface area contributed by atoms with E-state index in [1.54, 1.807) is 6.33 Å². The van der Waals surface area contributed by atoms with Crippen LogP contribution in [0.5, 0.6) is 0 Å². The minimum absolute atomic E-state index is 0.0955. The van der Waals surface area contributed by atoms with Crippen LogP contribution < -0.4 is 5.73 Å². The van der Waals surface area contributed by atoms with Gasteiger partial charge in [-0.2, -0.15) is 9.97 Å². The van der Waals surface area contributed by atoms with E-state index in [0.717, 1.165) is 25.9 Å². The summed E-state index contributed by atoms with van der Waals surface area (Å²) in [6, 6.07) is 0. The summed E-state index contributed by atoms with van der Waals surface area (Å²) in [5.41, 5.74) is 6.93. The number of ether oxygens (including phenoxy) is 2. The molecular formula is C12H16ClN5O2. The molecular weight excluding hydrogens is 282 g/mol. The lowest BCUT2D eigenvalue weighted by molar-refractivity contribution is -0.163. The van der Waals surface area contributed by atoms with Crippen LogP contribution in [-0.4, -0.2) is 39.0 Å². The molecule has 3 rings (SSSR count). The zero-order valence-electron chi connectivity index (χ0n) is 11.0. The molecule has 2 N–H and O–H groups in total. The van der Waals surface area contributed by atoms with Gasteiger partial charge in [0.05, 0.1) is 12.9 Å². The number of aromatic nitrogens is 4. The van der Waals surface area contributed by atoms with Crippen LogP contribution in [0.2, 0.25) is 5.28 Å². The minimum atomic E-state index is -0.0955. The first-order chi connectivity index (χ1) is 9.74. The molecule has 20 heavy (non-hydrogen) atoms. The molecule has 0 aromatic carbocycles. The van der Waals surface area contributed by atoms with Crippen LogP contribution in [0.1, 0.15) is 19.3 Å². The van der Waals surface area contributed by atoms with Crippen LogP contribution in [0.3, 0.4) is 0 Å². The highest BCUT2D eigenvalue weighted by Gasteiger charge is 2.14. The third-order valence-corrected chi connectivity index (χ3v) is 3.41. The molecule has 0 saturated carbocycles. The second kappa shape index (κ2) is 5.90. The summed E-state index contributed by atoms with van der Waals surface area (Å²) >= 11 is 5.81. The molecule has 7 nitrogen and oxygen atoms in total. The number of fused-ring (bicyclic) bond motifs is 1. The molecule has 1 aliphatic heterocycles. The SMILES string of the molecule is Nc1nc(Cl)nc2c1ncn2CCOC1CCCCO1. The molecule has 2 aromatic rings. The van der Waals surface area contributed by atoms with Gasteiger partial charge in [-0.05, 0) is 30.9 Å². The van der Waals surface area contributed by atoms with Crippen LogP contribution in [0.25, 0.3) is 11.2 Å². The van der Waals surface area contributed by atoms with Crippen molar-refractivity contribution in [1.29, 1.82) is 0 Å². The molecule has 0 aliphatic carbocycles. The van der Waals surface area contributed by atoms with Gasteiger partial charge in [0.1, 0.15) is 5.52 Å². The van der Waals surface area contributed by atoms with Gasteiger partial charge < -0.3 is 19.8 Å². The number of nitrogens with zero attached hydrogens (tertiary/aromatic N) is 4. The van der Waals surface area contributed by atoms with E-state index in [1.807, 2.05) is 4.57 Å². The Morgan fingerprint density at radius 2 is 2.35 bits per heavy atom. The van der Waals surface area contributed by atoms with E-state index in [2.05, 4.69) is 15.0 Å². The highest BCUT2D eigenvalue weighted by atomic mass is 35.5. The van der Waals surface area contributed by atoms with E-state index >= 15 is 0 Å². The van der Waals surface area contributed by atoms with Gasteiger partial charge in [0.2, 0.25) is 5.28 Å². The maximum atomic E-state index is 5.81. The fourth-order valence-corrected chi connectivity index (χ4v) is 2.40. The molecule has 1 fully saturated rings. The van der Waals surface area contributed by atoms with Gasteiger partial charge in [-0.15, -0.1) is 0 Å². The Hall–Kier alpha value is -1.44. The van der Waals surface area contributed by atoms with Crippen LogP contribution in [0.4, 0.5) is 5.82 Å². The maximum absolute atomic E-state index is 5.81. The third kappa shape index (κ3) is 2.84. The second-order valence-electron chi connectivity index (χ2n) is 4.65. The summed E-state index contributed by atoms with van der Waals surface area (Å²) in [4.78, 5) is 12.2. The molecule has 1 atom stereocenters. The smallest absolute Gasteiger partial charge is 0.226 e. The highest BCUT2D eigenvalue weighted by molar-refractivity contribution is 6.28. The van der Waals surface area contributed by atoms with Gasteiger partial charge in [0.25, 0.3) is 0 Å². The molecule has 0 radical (unpaired) electrons. The normalized spacial score (nSPS) is 19.6. The van der Waals surface area contributed by atoms with E-state index in [4.69, 9.17) is 26.8 Å². The van der Waals surface area contributed by atoms with Crippen molar-refractivity contribution in [1.82, 2.24) is 19.5 Å². The van der Waals surface area contributed by atoms with Gasteiger partial charge in [0, 0.05) is 13.2 Å². The summed E-state index contributed by atoms with van der Waals surface area (Å²) in [5.74, 6) is 0.287. The van der Waals surface area contributed by atoms with Crippen molar-refractivity contribution in [3.05, 3.63) is 11.6 Å². The zero-order chi connectivity index (χ0) is 13.9. The predicted octanol–water partition coefficient (Wildman–Crippen LogP) is 1.61. The van der Waals surface area contributed by atoms with Crippen molar-refractivity contribution in [2.75, 3.05) is 18.9 Å². The van der Waals surface area contributed by atoms with Crippen LogP contribution in [0.15, 0.2) is 6.33 Å². The fourth-order valence-electron chi connectivity index (χ4n) is 2.23. The zero-order valence-corrected chi connectivity index (χ0v) is 11.7. The summed E-state index contributed by atoms with van der Waals surface area (Å²) in [5, 5.41) is 0.119. The maximum Gasteiger partial charge on any atom is 0.226 e. The average molecular weight is 298 g/mol. The summed E-state index contributed by atoms with van der Waals surface area (Å²) in [7, 11) is 0. The number of nitrogen functional groups attached to an aromatic ring is 1. The summed E-state index contributed by atoms with van der Waals surface area (Å²) in [6.45, 7) is 1.92. The predicted molar refractivity (Wildman–Crippen MR) is 74.3 cm³/mol. The average Bonchev–Trinajstić information content (AvgIpc) is 2.83. The lowest BCUT2D eigenvalue weighted by Crippen LogP contribution is -2.23. The first kappa shape index (κ1) is 13.5. The van der Waals surface area contributed by atoms with E-state index in [-0.39, 0.29) is 17.4 Å². The first-order valence-corrected chi connectivity index (χ1v) is 6.99. The van der Waals surface area contributed by atoms with E-state index in [1.165, 1.54) is 0 Å². The molecule has 1 aliphatic rings. The van der Waals surface area contributed by atoms with Gasteiger partial charge in [-0.3, -0.25) is 0 Å². The molecule has 8 heteroatoms. The van der Waals surface area contributed by atoms with E-state index < -0.39 is 0 Å². The van der Waals surface area contributed by atoms with Crippen LogP contribution >= 0.6 is 11.6 Å². The molecule has 0 amide bonds. The molecule has 3 heterocycles.